The van der Waals surface area contributed by atoms with E-state index in [-0.39, 0.29) is 141 Å². The number of aliphatic imine (C=N–C) groups is 1. The third-order valence-electron chi connectivity index (χ3n) is 41.4. The minimum atomic E-state index is -4.00. The maximum absolute atomic E-state index is 13.1. The molecule has 772 valence electrons. The summed E-state index contributed by atoms with van der Waals surface area (Å²) in [5.41, 5.74) is 3.93. The molecule has 138 heavy (non-hydrogen) atoms. The Morgan fingerprint density at radius 1 is 0.442 bits per heavy atom. The summed E-state index contributed by atoms with van der Waals surface area (Å²) in [6.45, 7) is 37.8. The van der Waals surface area contributed by atoms with Crippen LogP contribution in [-0.2, 0) is 34.9 Å². The van der Waals surface area contributed by atoms with Gasteiger partial charge in [-0.15, -0.1) is 0 Å². The molecular weight excluding hydrogens is 2020 g/mol. The van der Waals surface area contributed by atoms with Crippen molar-refractivity contribution in [2.45, 2.75) is 355 Å². The first-order valence-corrected chi connectivity index (χ1v) is 58.3. The van der Waals surface area contributed by atoms with Crippen LogP contribution in [0.3, 0.4) is 0 Å². The number of hydrogen-bond donors (Lipinski definition) is 10. The molecule has 23 nitrogen and oxygen atoms in total. The number of amides is 4. The van der Waals surface area contributed by atoms with Crippen LogP contribution in [-0.4, -0.2) is 168 Å². The first-order valence-electron chi connectivity index (χ1n) is 54.3. The van der Waals surface area contributed by atoms with E-state index in [1.54, 1.807) is 54.6 Å². The van der Waals surface area contributed by atoms with Gasteiger partial charge in [-0.3, -0.25) is 0 Å². The number of nitrogens with zero attached hydrogens (tertiary/aromatic N) is 4. The molecule has 28 heteroatoms. The Balaban J connectivity index is 0.000000173. The third-order valence-corrected chi connectivity index (χ3v) is 44.9. The van der Waals surface area contributed by atoms with Crippen molar-refractivity contribution in [2.24, 2.45) is 173 Å². The molecule has 4 amide bonds. The Bertz CT molecular complexity index is 4770. The molecule has 15 fully saturated rings. The van der Waals surface area contributed by atoms with Gasteiger partial charge in [0.25, 0.3) is 20.0 Å². The van der Waals surface area contributed by atoms with Gasteiger partial charge in [0, 0.05) is 109 Å². The molecule has 12 saturated carbocycles. The second kappa shape index (κ2) is 46.0. The number of primary sulfonamides is 1. The molecule has 33 atom stereocenters. The Morgan fingerprint density at radius 2 is 0.739 bits per heavy atom. The molecule has 15 aliphatic rings. The Hall–Kier alpha value is -4.29. The SMILES string of the molecule is C.CC[C@H]1[C@@H](O)[C@@H]2[C@H](CC[C@]3(C)[C@@H]([C@H](C)CN=C=O)CC[C@@H]23)[C@@]2(C)CC[C@@H](C)C[C@@H]12.CC[C@H]1[C@@H](O)[C@@H]2[C@H](CC[C@]3(C)[C@@H]([C@H](C)CNC(=O)NS(=O)(=O)c4cccc(N5CCCCC5)c4)CC[C@@H]23)[C@@]2(C)CC[C@@H](O)C[C@@H]12.CC[C@H]1[C@@H](O)[C@@H]2[C@H](CC[C@]3(C)[C@@H]([C@H](C)CNC(=O)NS(=O)(=O)c4cccc(N5CCCCC5)c4)CC[C@@H]23)[C@@]2(C)CC[C@@H](O)C[C@@H]12.NS(=O)(=O)c1cccc(N2CCCCC2)c1.[2H][B].[U]. The van der Waals surface area contributed by atoms with E-state index < -0.39 is 42.1 Å². The molecular formula is C110H178BN9O14S3U. The van der Waals surface area contributed by atoms with Crippen LogP contribution < -0.4 is 39.9 Å². The van der Waals surface area contributed by atoms with Gasteiger partial charge in [-0.05, 0) is 405 Å². The van der Waals surface area contributed by atoms with Gasteiger partial charge >= 0.3 is 12.1 Å². The standard InChI is InChI=1S/2C36H57N3O5S.C26H43NO2.C11H16N2O2S.CH4.BH.U/c2*1-5-27-31-21-25(40)14-16-36(31,4)30-15-17-35(3)28(12-13-29(35)32(30)33(27)41)23(2)22-37-34(42)38-45(43,44)26-11-9-10-24(20-26)39-18-7-6-8-19-39;1-6-18-22-13-16(2)9-11-26(22,5)21-10-12-25(4)19(17(3)14-27-15-28)7-8-20(25)23(21)24(18)29;12-16(14,15)11-6-4-5-10(9-11)13-7-2-1-3-8-13;;;/h2*9-11,20,23,25,27-33,40-41H,5-8,12-19,21-22H2,1-4H3,(H2,37,38,42);16-24,29H,6-14H2,1-5H3;4-6,9H,1-3,7-8H2,(H2,12,14,15);1H4;1H;/t2*23-,25-,27-,28-,29+,30+,31+,32+,33-,35-,36-;16-,17-,18-,19-,20+,21+,22+,23+,24-,25-,26-;;;;/m111..../s1/i;;;;;1D;. The fourth-order valence-corrected chi connectivity index (χ4v) is 37.0. The summed E-state index contributed by atoms with van der Waals surface area (Å²) in [6.07, 6.45) is 37.3. The predicted molar refractivity (Wildman–Crippen MR) is 549 cm³/mol. The first-order chi connectivity index (χ1) is 65.1. The van der Waals surface area contributed by atoms with Crippen molar-refractivity contribution in [1.82, 2.24) is 20.1 Å². The number of sulfonamides is 3. The van der Waals surface area contributed by atoms with E-state index in [0.717, 1.165) is 197 Å². The van der Waals surface area contributed by atoms with E-state index in [1.807, 2.05) is 18.2 Å². The number of aliphatic hydroxyl groups excluding tert-OH is 5. The maximum Gasteiger partial charge on any atom is 0.328 e. The van der Waals surface area contributed by atoms with E-state index in [2.05, 4.69) is 138 Å². The van der Waals surface area contributed by atoms with Crippen molar-refractivity contribution in [2.75, 3.05) is 73.6 Å². The van der Waals surface area contributed by atoms with E-state index in [1.165, 1.54) is 83.1 Å². The number of nitrogens with one attached hydrogen (secondary N) is 4. The van der Waals surface area contributed by atoms with Crippen LogP contribution in [0.15, 0.2) is 92.5 Å². The van der Waals surface area contributed by atoms with E-state index in [9.17, 15) is 65.2 Å². The number of carbonyl (C=O) groups excluding carboxylic acids is 3. The van der Waals surface area contributed by atoms with Crippen LogP contribution in [0.5, 0.6) is 0 Å². The molecule has 11 N–H and O–H groups in total. The number of carbonyl (C=O) groups is 2. The van der Waals surface area contributed by atoms with E-state index >= 15 is 0 Å². The van der Waals surface area contributed by atoms with Gasteiger partial charge in [0.05, 0.1) is 51.8 Å². The number of piperidine rings is 3. The van der Waals surface area contributed by atoms with E-state index in [4.69, 9.17) is 6.47 Å². The Morgan fingerprint density at radius 3 is 1.07 bits per heavy atom. The van der Waals surface area contributed by atoms with Crippen LogP contribution in [0.4, 0.5) is 26.7 Å². The fourth-order valence-electron chi connectivity index (χ4n) is 34.6. The number of hydrogen-bond acceptors (Lipinski definition) is 18. The summed E-state index contributed by atoms with van der Waals surface area (Å²) in [5.74, 6) is 9.67. The number of nitrogens with two attached hydrogens (primary N) is 1. The average molecular weight is 2200 g/mol. The zero-order valence-corrected chi connectivity index (χ0v) is 91.9. The summed E-state index contributed by atoms with van der Waals surface area (Å²) in [7, 11) is -7.84. The quantitative estimate of drug-likeness (QED) is 0.0285. The van der Waals surface area contributed by atoms with Crippen LogP contribution >= 0.6 is 0 Å². The first kappa shape index (κ1) is 111. The number of isocyanates is 1. The molecule has 3 saturated heterocycles. The molecule has 3 aromatic rings. The second-order valence-corrected chi connectivity index (χ2v) is 52.9. The van der Waals surface area contributed by atoms with Gasteiger partial charge < -0.3 is 50.9 Å². The van der Waals surface area contributed by atoms with Gasteiger partial charge in [-0.25, -0.2) is 59.2 Å². The molecule has 3 heterocycles. The minimum Gasteiger partial charge on any atom is -0.393 e. The maximum atomic E-state index is 13.1. The van der Waals surface area contributed by atoms with Crippen molar-refractivity contribution >= 4 is 73.7 Å². The van der Waals surface area contributed by atoms with Crippen molar-refractivity contribution in [3.8, 4) is 0 Å². The molecule has 0 bridgehead atoms. The normalized spacial score (nSPS) is 39.6. The summed E-state index contributed by atoms with van der Waals surface area (Å²) < 4.78 is 84.8. The molecule has 0 unspecified atom stereocenters. The predicted octanol–water partition coefficient (Wildman–Crippen LogP) is 19.0. The van der Waals surface area contributed by atoms with Gasteiger partial charge in [0.2, 0.25) is 16.1 Å². The van der Waals surface area contributed by atoms with Gasteiger partial charge in [-0.2, -0.15) is 0 Å². The van der Waals surface area contributed by atoms with Crippen LogP contribution in [0.25, 0.3) is 0 Å². The molecule has 0 aromatic heterocycles. The van der Waals surface area contributed by atoms with Gasteiger partial charge in [0.15, 0.2) is 0 Å². The minimum absolute atomic E-state index is 0. The van der Waals surface area contributed by atoms with Crippen molar-refractivity contribution in [3.05, 3.63) is 72.8 Å². The molecule has 18 rings (SSSR count). The monoisotopic (exact) mass is 2200 g/mol. The van der Waals surface area contributed by atoms with Gasteiger partial charge in [0.1, 0.15) is 0 Å². The number of urea groups is 2. The van der Waals surface area contributed by atoms with Crippen molar-refractivity contribution < 1.29 is 96.3 Å². The Labute approximate surface area is 858 Å². The summed E-state index contributed by atoms with van der Waals surface area (Å²) in [6, 6.07) is 19.3. The number of rotatable bonds is 20. The fraction of sp³-hybridized carbons (Fsp3) is 0.809. The zero-order valence-electron chi connectivity index (χ0n) is 86.3. The molecule has 0 spiro atoms. The molecule has 2 radical (unpaired) electrons. The summed E-state index contributed by atoms with van der Waals surface area (Å²) in [5, 5.41) is 67.7. The van der Waals surface area contributed by atoms with E-state index in [0.29, 0.717) is 119 Å². The Kier molecular flexibility index (Phi) is 37.0. The van der Waals surface area contributed by atoms with Crippen LogP contribution in [0.2, 0.25) is 0 Å². The van der Waals surface area contributed by atoms with Crippen LogP contribution in [0, 0.1) is 194 Å². The largest absolute Gasteiger partial charge is 0.393 e. The topological polar surface area (TPSA) is 351 Å². The molecule has 3 aliphatic heterocycles. The number of aliphatic hydroxyl groups is 5. The van der Waals surface area contributed by atoms with Crippen LogP contribution in [0.1, 0.15) is 309 Å². The summed E-state index contributed by atoms with van der Waals surface area (Å²) >= 11 is 0. The molecule has 3 aromatic carbocycles. The number of anilines is 3. The zero-order chi connectivity index (χ0) is 98.9. The second-order valence-electron chi connectivity index (χ2n) is 48.0. The number of fused-ring (bicyclic) bond motifs is 15. The smallest absolute Gasteiger partial charge is 0.328 e. The number of benzene rings is 3. The average Bonchev–Trinajstić information content (AvgIpc) is 1.67. The van der Waals surface area contributed by atoms with Crippen molar-refractivity contribution in [3.63, 3.8) is 0 Å². The van der Waals surface area contributed by atoms with Crippen molar-refractivity contribution in [1.29, 1.82) is 1.34 Å². The van der Waals surface area contributed by atoms with Gasteiger partial charge in [-0.1, -0.05) is 141 Å². The molecule has 12 aliphatic carbocycles. The summed E-state index contributed by atoms with van der Waals surface area (Å²) in [4.78, 5) is 47.5. The third kappa shape index (κ3) is 22.4.